The van der Waals surface area contributed by atoms with Crippen molar-refractivity contribution in [3.8, 4) is 0 Å². The van der Waals surface area contributed by atoms with Crippen molar-refractivity contribution in [3.05, 3.63) is 41.4 Å². The third-order valence-electron chi connectivity index (χ3n) is 3.31. The van der Waals surface area contributed by atoms with Crippen LogP contribution in [0.15, 0.2) is 30.0 Å². The van der Waals surface area contributed by atoms with Crippen LogP contribution in [-0.4, -0.2) is 21.5 Å². The van der Waals surface area contributed by atoms with Crippen molar-refractivity contribution < 1.29 is 4.39 Å². The number of anilines is 2. The van der Waals surface area contributed by atoms with E-state index in [0.29, 0.717) is 0 Å². The summed E-state index contributed by atoms with van der Waals surface area (Å²) >= 11 is 1.50. The Kier molecular flexibility index (Phi) is 2.25. The molecule has 0 N–H and O–H groups in total. The van der Waals surface area contributed by atoms with Crippen molar-refractivity contribution in [1.29, 1.82) is 0 Å². The van der Waals surface area contributed by atoms with Gasteiger partial charge in [0, 0.05) is 12.2 Å². The smallest absolute Gasteiger partial charge is 0.163 e. The molecule has 1 aromatic carbocycles. The minimum Gasteiger partial charge on any atom is -0.324 e. The molecule has 0 saturated heterocycles. The number of hydrogen-bond acceptors (Lipinski definition) is 5. The molecular weight excluding hydrogens is 263 g/mol. The predicted molar refractivity (Wildman–Crippen MR) is 72.3 cm³/mol. The van der Waals surface area contributed by atoms with E-state index >= 15 is 0 Å². The number of aromatic nitrogens is 3. The summed E-state index contributed by atoms with van der Waals surface area (Å²) in [7, 11) is 0. The molecule has 0 saturated carbocycles. The van der Waals surface area contributed by atoms with Crippen LogP contribution < -0.4 is 4.90 Å². The summed E-state index contributed by atoms with van der Waals surface area (Å²) in [5, 5.41) is 0. The quantitative estimate of drug-likeness (QED) is 0.683. The van der Waals surface area contributed by atoms with Gasteiger partial charge in [0.15, 0.2) is 5.82 Å². The molecule has 0 aliphatic carbocycles. The SMILES string of the molecule is Fc1ccc2c(c1)CCN2c1ncnc2scnc12. The highest BCUT2D eigenvalue weighted by Crippen LogP contribution is 2.36. The number of halogens is 1. The van der Waals surface area contributed by atoms with E-state index in [4.69, 9.17) is 0 Å². The number of rotatable bonds is 1. The molecule has 0 radical (unpaired) electrons. The zero-order valence-electron chi connectivity index (χ0n) is 9.88. The molecule has 4 rings (SSSR count). The van der Waals surface area contributed by atoms with Crippen LogP contribution >= 0.6 is 11.3 Å². The molecule has 0 unspecified atom stereocenters. The molecule has 3 aromatic rings. The summed E-state index contributed by atoms with van der Waals surface area (Å²) in [6.45, 7) is 0.794. The lowest BCUT2D eigenvalue weighted by molar-refractivity contribution is 0.626. The van der Waals surface area contributed by atoms with Gasteiger partial charge in [-0.2, -0.15) is 0 Å². The number of hydrogen-bond donors (Lipinski definition) is 0. The fourth-order valence-corrected chi connectivity index (χ4v) is 3.09. The molecule has 4 nitrogen and oxygen atoms in total. The van der Waals surface area contributed by atoms with E-state index in [1.54, 1.807) is 24.0 Å². The van der Waals surface area contributed by atoms with Crippen LogP contribution in [0.25, 0.3) is 10.3 Å². The first-order valence-corrected chi connectivity index (χ1v) is 6.81. The highest BCUT2D eigenvalue weighted by molar-refractivity contribution is 7.16. The Morgan fingerprint density at radius 3 is 3.11 bits per heavy atom. The summed E-state index contributed by atoms with van der Waals surface area (Å²) < 4.78 is 13.2. The Bertz CT molecular complexity index is 770. The van der Waals surface area contributed by atoms with Gasteiger partial charge < -0.3 is 4.90 Å². The van der Waals surface area contributed by atoms with Crippen LogP contribution in [0.4, 0.5) is 15.9 Å². The number of benzene rings is 1. The van der Waals surface area contributed by atoms with Crippen molar-refractivity contribution in [2.45, 2.75) is 6.42 Å². The summed E-state index contributed by atoms with van der Waals surface area (Å²) in [6.07, 6.45) is 2.38. The summed E-state index contributed by atoms with van der Waals surface area (Å²) in [6, 6.07) is 4.88. The van der Waals surface area contributed by atoms with Gasteiger partial charge in [0.25, 0.3) is 0 Å². The second kappa shape index (κ2) is 3.96. The van der Waals surface area contributed by atoms with Crippen LogP contribution in [0.2, 0.25) is 0 Å². The van der Waals surface area contributed by atoms with Crippen molar-refractivity contribution in [1.82, 2.24) is 15.0 Å². The van der Waals surface area contributed by atoms with Gasteiger partial charge in [-0.25, -0.2) is 19.3 Å². The lowest BCUT2D eigenvalue weighted by Crippen LogP contribution is -2.15. The van der Waals surface area contributed by atoms with Gasteiger partial charge >= 0.3 is 0 Å². The second-order valence-electron chi connectivity index (χ2n) is 4.38. The maximum atomic E-state index is 13.2. The van der Waals surface area contributed by atoms with Crippen LogP contribution in [0.3, 0.4) is 0 Å². The fourth-order valence-electron chi connectivity index (χ4n) is 2.47. The van der Waals surface area contributed by atoms with Gasteiger partial charge in [0.1, 0.15) is 22.5 Å². The standard InChI is InChI=1S/C13H9FN4S/c14-9-1-2-10-8(5-9)3-4-18(10)12-11-13(16-6-15-12)19-7-17-11/h1-2,5-7H,3-4H2. The zero-order valence-corrected chi connectivity index (χ0v) is 10.7. The number of nitrogens with zero attached hydrogens (tertiary/aromatic N) is 4. The molecule has 1 aliphatic rings. The highest BCUT2D eigenvalue weighted by atomic mass is 32.1. The third-order valence-corrected chi connectivity index (χ3v) is 4.04. The van der Waals surface area contributed by atoms with Crippen molar-refractivity contribution in [3.63, 3.8) is 0 Å². The molecule has 3 heterocycles. The lowest BCUT2D eigenvalue weighted by atomic mass is 10.2. The maximum absolute atomic E-state index is 13.2. The van der Waals surface area contributed by atoms with Gasteiger partial charge in [-0.1, -0.05) is 0 Å². The topological polar surface area (TPSA) is 41.9 Å². The molecule has 94 valence electrons. The monoisotopic (exact) mass is 272 g/mol. The van der Waals surface area contributed by atoms with E-state index in [1.807, 2.05) is 0 Å². The fraction of sp³-hybridized carbons (Fsp3) is 0.154. The average molecular weight is 272 g/mol. The first-order valence-electron chi connectivity index (χ1n) is 5.93. The van der Waals surface area contributed by atoms with E-state index in [0.717, 1.165) is 40.4 Å². The average Bonchev–Trinajstić information content (AvgIpc) is 3.03. The largest absolute Gasteiger partial charge is 0.324 e. The number of fused-ring (bicyclic) bond motifs is 2. The Morgan fingerprint density at radius 1 is 1.21 bits per heavy atom. The summed E-state index contributed by atoms with van der Waals surface area (Å²) in [5.41, 5.74) is 4.60. The maximum Gasteiger partial charge on any atom is 0.163 e. The lowest BCUT2D eigenvalue weighted by Gasteiger charge is -2.18. The molecule has 0 atom stereocenters. The van der Waals surface area contributed by atoms with E-state index in [2.05, 4.69) is 19.9 Å². The van der Waals surface area contributed by atoms with E-state index in [-0.39, 0.29) is 5.82 Å². The van der Waals surface area contributed by atoms with Crippen molar-refractivity contribution in [2.75, 3.05) is 11.4 Å². The van der Waals surface area contributed by atoms with Crippen molar-refractivity contribution >= 4 is 33.2 Å². The Labute approximate surface area is 112 Å². The van der Waals surface area contributed by atoms with Gasteiger partial charge in [-0.3, -0.25) is 0 Å². The summed E-state index contributed by atoms with van der Waals surface area (Å²) in [4.78, 5) is 15.8. The van der Waals surface area contributed by atoms with Crippen LogP contribution in [0, 0.1) is 5.82 Å². The minimum atomic E-state index is -0.193. The Morgan fingerprint density at radius 2 is 2.16 bits per heavy atom. The van der Waals surface area contributed by atoms with Gasteiger partial charge in [-0.15, -0.1) is 11.3 Å². The molecule has 2 aromatic heterocycles. The number of thiazole rings is 1. The van der Waals surface area contributed by atoms with E-state index in [1.165, 1.54) is 17.4 Å². The first-order chi connectivity index (χ1) is 9.33. The second-order valence-corrected chi connectivity index (χ2v) is 5.21. The molecular formula is C13H9FN4S. The van der Waals surface area contributed by atoms with Gasteiger partial charge in [0.05, 0.1) is 5.51 Å². The van der Waals surface area contributed by atoms with E-state index < -0.39 is 0 Å². The third kappa shape index (κ3) is 1.60. The van der Waals surface area contributed by atoms with Crippen molar-refractivity contribution in [2.24, 2.45) is 0 Å². The van der Waals surface area contributed by atoms with Gasteiger partial charge in [-0.05, 0) is 30.2 Å². The summed E-state index contributed by atoms with van der Waals surface area (Å²) in [5.74, 6) is 0.610. The van der Waals surface area contributed by atoms with Crippen LogP contribution in [0.5, 0.6) is 0 Å². The molecule has 0 spiro atoms. The predicted octanol–water partition coefficient (Wildman–Crippen LogP) is 2.92. The molecule has 1 aliphatic heterocycles. The van der Waals surface area contributed by atoms with Crippen LogP contribution in [0.1, 0.15) is 5.56 Å². The molecule has 0 bridgehead atoms. The van der Waals surface area contributed by atoms with Gasteiger partial charge in [0.2, 0.25) is 0 Å². The molecule has 0 fully saturated rings. The van der Waals surface area contributed by atoms with Crippen LogP contribution in [-0.2, 0) is 6.42 Å². The van der Waals surface area contributed by atoms with E-state index in [9.17, 15) is 4.39 Å². The Balaban J connectivity index is 1.89. The molecule has 6 heteroatoms. The molecule has 0 amide bonds. The normalized spacial score (nSPS) is 14.1. The first kappa shape index (κ1) is 10.8. The zero-order chi connectivity index (χ0) is 12.8. The minimum absolute atomic E-state index is 0.193. The highest BCUT2D eigenvalue weighted by Gasteiger charge is 2.24. The molecule has 19 heavy (non-hydrogen) atoms. The Hall–Kier alpha value is -2.08.